The molecule has 0 saturated heterocycles. The third kappa shape index (κ3) is 2.85. The molecule has 0 N–H and O–H groups in total. The van der Waals surface area contributed by atoms with Crippen LogP contribution in [0.15, 0.2) is 37.4 Å². The molecule has 0 fully saturated rings. The number of anilines is 1. The first-order valence-electron chi connectivity index (χ1n) is 5.36. The van der Waals surface area contributed by atoms with Crippen LogP contribution >= 0.6 is 0 Å². The molecule has 96 valence electrons. The van der Waals surface area contributed by atoms with Gasteiger partial charge in [0.25, 0.3) is 11.5 Å². The van der Waals surface area contributed by atoms with Crippen molar-refractivity contribution in [2.24, 2.45) is 0 Å². The largest absolute Gasteiger partial charge is 0.710 e. The summed E-state index contributed by atoms with van der Waals surface area (Å²) < 4.78 is 0.667. The van der Waals surface area contributed by atoms with Crippen molar-refractivity contribution in [3.63, 3.8) is 0 Å². The topological polar surface area (TPSA) is 73.3 Å². The number of rotatable bonds is 6. The Hall–Kier alpha value is -2.37. The molecule has 0 unspecified atom stereocenters. The Balaban J connectivity index is 3.30. The smallest absolute Gasteiger partial charge is 0.287 e. The number of nitro groups is 1. The zero-order valence-electron chi connectivity index (χ0n) is 10.2. The molecule has 1 heterocycles. The van der Waals surface area contributed by atoms with Crippen LogP contribution in [0.4, 0.5) is 11.5 Å². The summed E-state index contributed by atoms with van der Waals surface area (Å²) in [7, 11) is 0. The molecule has 18 heavy (non-hydrogen) atoms. The summed E-state index contributed by atoms with van der Waals surface area (Å²) in [4.78, 5) is 11.9. The minimum Gasteiger partial charge on any atom is -0.710 e. The summed E-state index contributed by atoms with van der Waals surface area (Å²) in [6.07, 6.45) is 3.25. The van der Waals surface area contributed by atoms with Gasteiger partial charge in [-0.05, 0) is 6.92 Å². The van der Waals surface area contributed by atoms with Crippen molar-refractivity contribution in [2.75, 3.05) is 18.0 Å². The fourth-order valence-corrected chi connectivity index (χ4v) is 1.58. The standard InChI is InChI=1S/C12H15N3O3/c1-4-6-13(7-5-2)12-9-11(15(17)18)8-10(3)14(12)16/h4-5,8-9H,1-2,6-7H2,3H3. The van der Waals surface area contributed by atoms with Crippen molar-refractivity contribution < 1.29 is 9.65 Å². The van der Waals surface area contributed by atoms with Crippen LogP contribution < -0.4 is 9.63 Å². The molecule has 1 aromatic rings. The van der Waals surface area contributed by atoms with Gasteiger partial charge < -0.3 is 5.21 Å². The van der Waals surface area contributed by atoms with Gasteiger partial charge in [-0.15, -0.1) is 0 Å². The van der Waals surface area contributed by atoms with E-state index in [2.05, 4.69) is 13.2 Å². The fraction of sp³-hybridized carbons (Fsp3) is 0.250. The summed E-state index contributed by atoms with van der Waals surface area (Å²) in [6, 6.07) is 2.50. The first-order chi connectivity index (χ1) is 8.51. The Morgan fingerprint density at radius 3 is 2.39 bits per heavy atom. The highest BCUT2D eigenvalue weighted by atomic mass is 16.6. The van der Waals surface area contributed by atoms with Crippen LogP contribution in [0.25, 0.3) is 0 Å². The van der Waals surface area contributed by atoms with Crippen molar-refractivity contribution in [1.29, 1.82) is 0 Å². The summed E-state index contributed by atoms with van der Waals surface area (Å²) in [5.74, 6) is 0.224. The lowest BCUT2D eigenvalue weighted by Crippen LogP contribution is -2.40. The normalized spacial score (nSPS) is 9.83. The molecule has 0 spiro atoms. The van der Waals surface area contributed by atoms with E-state index in [1.54, 1.807) is 17.1 Å². The maximum atomic E-state index is 11.9. The Morgan fingerprint density at radius 1 is 1.39 bits per heavy atom. The van der Waals surface area contributed by atoms with Crippen LogP contribution in [0, 0.1) is 22.2 Å². The van der Waals surface area contributed by atoms with E-state index < -0.39 is 4.92 Å². The molecule has 0 saturated carbocycles. The monoisotopic (exact) mass is 249 g/mol. The lowest BCUT2D eigenvalue weighted by atomic mass is 10.3. The van der Waals surface area contributed by atoms with E-state index in [1.165, 1.54) is 19.1 Å². The van der Waals surface area contributed by atoms with E-state index in [0.29, 0.717) is 17.8 Å². The second-order valence-electron chi connectivity index (χ2n) is 3.75. The Labute approximate surface area is 105 Å². The quantitative estimate of drug-likeness (QED) is 0.253. The Kier molecular flexibility index (Phi) is 4.42. The van der Waals surface area contributed by atoms with Crippen LogP contribution in [0.5, 0.6) is 0 Å². The average Bonchev–Trinajstić information content (AvgIpc) is 2.32. The summed E-state index contributed by atoms with van der Waals surface area (Å²) in [6.45, 7) is 9.55. The van der Waals surface area contributed by atoms with Gasteiger partial charge in [0, 0.05) is 0 Å². The minimum absolute atomic E-state index is 0.104. The average molecular weight is 249 g/mol. The van der Waals surface area contributed by atoms with E-state index in [0.717, 1.165) is 0 Å². The summed E-state index contributed by atoms with van der Waals surface area (Å²) in [5, 5.41) is 22.7. The number of nitrogens with zero attached hydrogens (tertiary/aromatic N) is 3. The SMILES string of the molecule is C=CCN(CC=C)c1cc([N+](=O)[O-])cc(C)[n+]1[O-]. The molecule has 0 bridgehead atoms. The van der Waals surface area contributed by atoms with Crippen molar-refractivity contribution >= 4 is 11.5 Å². The van der Waals surface area contributed by atoms with Crippen LogP contribution in [0.1, 0.15) is 5.69 Å². The van der Waals surface area contributed by atoms with Gasteiger partial charge in [0.1, 0.15) is 24.8 Å². The lowest BCUT2D eigenvalue weighted by Gasteiger charge is -2.19. The first kappa shape index (κ1) is 13.7. The molecule has 6 nitrogen and oxygen atoms in total. The molecule has 0 amide bonds. The minimum atomic E-state index is -0.517. The molecule has 0 aliphatic heterocycles. The highest BCUT2D eigenvalue weighted by Gasteiger charge is 2.21. The first-order valence-corrected chi connectivity index (χ1v) is 5.36. The summed E-state index contributed by atoms with van der Waals surface area (Å²) >= 11 is 0. The van der Waals surface area contributed by atoms with Gasteiger partial charge >= 0.3 is 0 Å². The van der Waals surface area contributed by atoms with Crippen molar-refractivity contribution in [3.05, 3.63) is 58.5 Å². The molecule has 1 aromatic heterocycles. The molecule has 1 rings (SSSR count). The van der Waals surface area contributed by atoms with Crippen LogP contribution in [-0.4, -0.2) is 18.0 Å². The van der Waals surface area contributed by atoms with Gasteiger partial charge in [0.05, 0.1) is 11.0 Å². The maximum Gasteiger partial charge on any atom is 0.287 e. The van der Waals surface area contributed by atoms with Gasteiger partial charge in [-0.25, -0.2) is 4.73 Å². The van der Waals surface area contributed by atoms with E-state index in [4.69, 9.17) is 0 Å². The van der Waals surface area contributed by atoms with Gasteiger partial charge in [-0.2, -0.15) is 0 Å². The van der Waals surface area contributed by atoms with Gasteiger partial charge in [-0.1, -0.05) is 25.3 Å². The zero-order valence-corrected chi connectivity index (χ0v) is 10.2. The highest BCUT2D eigenvalue weighted by Crippen LogP contribution is 2.18. The number of aromatic nitrogens is 1. The van der Waals surface area contributed by atoms with Crippen molar-refractivity contribution in [2.45, 2.75) is 6.92 Å². The molecule has 0 aromatic carbocycles. The fourth-order valence-electron chi connectivity index (χ4n) is 1.58. The zero-order chi connectivity index (χ0) is 13.7. The predicted molar refractivity (Wildman–Crippen MR) is 69.4 cm³/mol. The third-order valence-electron chi connectivity index (χ3n) is 2.40. The Morgan fingerprint density at radius 2 is 1.94 bits per heavy atom. The number of hydrogen-bond donors (Lipinski definition) is 0. The summed E-state index contributed by atoms with van der Waals surface area (Å²) in [5.41, 5.74) is 0.171. The Bertz CT molecular complexity index is 476. The van der Waals surface area contributed by atoms with Crippen LogP contribution in [-0.2, 0) is 0 Å². The van der Waals surface area contributed by atoms with Crippen LogP contribution in [0.3, 0.4) is 0 Å². The molecular formula is C12H15N3O3. The second kappa shape index (κ2) is 5.81. The van der Waals surface area contributed by atoms with Gasteiger partial charge in [0.15, 0.2) is 0 Å². The molecular weight excluding hydrogens is 234 g/mol. The van der Waals surface area contributed by atoms with Crippen LogP contribution in [0.2, 0.25) is 0 Å². The van der Waals surface area contributed by atoms with Crippen molar-refractivity contribution in [3.8, 4) is 0 Å². The number of hydrogen-bond acceptors (Lipinski definition) is 4. The molecule has 0 aliphatic carbocycles. The highest BCUT2D eigenvalue weighted by molar-refractivity contribution is 5.45. The molecule has 0 radical (unpaired) electrons. The molecule has 0 atom stereocenters. The van der Waals surface area contributed by atoms with Gasteiger partial charge in [0.2, 0.25) is 0 Å². The van der Waals surface area contributed by atoms with E-state index in [1.807, 2.05) is 0 Å². The molecule has 6 heteroatoms. The van der Waals surface area contributed by atoms with Crippen molar-refractivity contribution in [1.82, 2.24) is 0 Å². The van der Waals surface area contributed by atoms with E-state index in [-0.39, 0.29) is 17.2 Å². The van der Waals surface area contributed by atoms with E-state index >= 15 is 0 Å². The van der Waals surface area contributed by atoms with E-state index in [9.17, 15) is 15.3 Å². The lowest BCUT2D eigenvalue weighted by molar-refractivity contribution is -0.599. The second-order valence-corrected chi connectivity index (χ2v) is 3.75. The van der Waals surface area contributed by atoms with Gasteiger partial charge in [-0.3, -0.25) is 15.0 Å². The molecule has 0 aliphatic rings. The number of pyridine rings is 1. The third-order valence-corrected chi connectivity index (χ3v) is 2.40. The maximum absolute atomic E-state index is 11.9. The predicted octanol–water partition coefficient (Wildman–Crippen LogP) is 1.72. The number of aryl methyl sites for hydroxylation is 1.